The minimum Gasteiger partial charge on any atom is -0.503 e. The van der Waals surface area contributed by atoms with Crippen molar-refractivity contribution in [2.45, 2.75) is 84.1 Å². The Hall–Kier alpha value is -2.15. The highest BCUT2D eigenvalue weighted by molar-refractivity contribution is 5.84. The average molecular weight is 409 g/mol. The number of rotatable bonds is 16. The quantitative estimate of drug-likeness (QED) is 0.321. The molecular formula is C22H36N2O5. The fourth-order valence-electron chi connectivity index (χ4n) is 3.23. The van der Waals surface area contributed by atoms with E-state index in [1.807, 2.05) is 11.5 Å². The van der Waals surface area contributed by atoms with E-state index in [4.69, 9.17) is 10.5 Å². The normalized spacial score (nSPS) is 10.8. The number of hydrogen-bond acceptors (Lipinski definition) is 6. The van der Waals surface area contributed by atoms with E-state index >= 15 is 0 Å². The summed E-state index contributed by atoms with van der Waals surface area (Å²) in [6.45, 7) is 3.15. The number of Topliss-reactive ketones (excluding diaryl/α,β-unsaturated/α-hetero) is 1. The van der Waals surface area contributed by atoms with Crippen molar-refractivity contribution in [3.63, 3.8) is 0 Å². The SMILES string of the molecule is CCc1c(O)c(=O)ccn1CCCCCCCCCCOC(=O)CCC(=O)CN. The summed E-state index contributed by atoms with van der Waals surface area (Å²) in [5.74, 6) is -0.566. The maximum Gasteiger partial charge on any atom is 0.306 e. The third kappa shape index (κ3) is 10.3. The van der Waals surface area contributed by atoms with Gasteiger partial charge in [0.1, 0.15) is 5.78 Å². The van der Waals surface area contributed by atoms with Crippen LogP contribution >= 0.6 is 0 Å². The van der Waals surface area contributed by atoms with Gasteiger partial charge < -0.3 is 20.1 Å². The van der Waals surface area contributed by atoms with Crippen LogP contribution in [0.5, 0.6) is 5.75 Å². The van der Waals surface area contributed by atoms with E-state index < -0.39 is 0 Å². The fourth-order valence-corrected chi connectivity index (χ4v) is 3.23. The molecule has 0 aliphatic rings. The van der Waals surface area contributed by atoms with E-state index in [2.05, 4.69) is 0 Å². The third-order valence-electron chi connectivity index (χ3n) is 4.99. The smallest absolute Gasteiger partial charge is 0.306 e. The van der Waals surface area contributed by atoms with Gasteiger partial charge in [-0.25, -0.2) is 0 Å². The summed E-state index contributed by atoms with van der Waals surface area (Å²) in [7, 11) is 0. The number of carbonyl (C=O) groups is 2. The second-order valence-corrected chi connectivity index (χ2v) is 7.31. The van der Waals surface area contributed by atoms with Crippen molar-refractivity contribution in [1.82, 2.24) is 4.57 Å². The molecule has 7 heteroatoms. The van der Waals surface area contributed by atoms with Crippen molar-refractivity contribution in [3.05, 3.63) is 28.2 Å². The van der Waals surface area contributed by atoms with Crippen molar-refractivity contribution >= 4 is 11.8 Å². The number of esters is 1. The molecule has 0 fully saturated rings. The van der Waals surface area contributed by atoms with Gasteiger partial charge in [-0.3, -0.25) is 14.4 Å². The Kier molecular flexibility index (Phi) is 12.7. The van der Waals surface area contributed by atoms with E-state index in [1.54, 1.807) is 6.20 Å². The Morgan fingerprint density at radius 2 is 1.66 bits per heavy atom. The molecule has 0 aromatic carbocycles. The van der Waals surface area contributed by atoms with Crippen molar-refractivity contribution < 1.29 is 19.4 Å². The zero-order valence-corrected chi connectivity index (χ0v) is 17.7. The van der Waals surface area contributed by atoms with Crippen LogP contribution in [-0.2, 0) is 27.3 Å². The lowest BCUT2D eigenvalue weighted by Gasteiger charge is -2.13. The molecule has 0 bridgehead atoms. The van der Waals surface area contributed by atoms with Gasteiger partial charge >= 0.3 is 5.97 Å². The zero-order chi connectivity index (χ0) is 21.5. The van der Waals surface area contributed by atoms with Gasteiger partial charge in [-0.05, 0) is 19.3 Å². The largest absolute Gasteiger partial charge is 0.503 e. The van der Waals surface area contributed by atoms with Gasteiger partial charge in [0.05, 0.1) is 25.3 Å². The number of aromatic nitrogens is 1. The molecule has 3 N–H and O–H groups in total. The summed E-state index contributed by atoms with van der Waals surface area (Å²) >= 11 is 0. The number of aryl methyl sites for hydroxylation is 1. The first-order valence-corrected chi connectivity index (χ1v) is 10.8. The monoisotopic (exact) mass is 408 g/mol. The lowest BCUT2D eigenvalue weighted by atomic mass is 10.1. The van der Waals surface area contributed by atoms with E-state index in [1.165, 1.54) is 12.5 Å². The highest BCUT2D eigenvalue weighted by atomic mass is 16.5. The molecule has 0 radical (unpaired) electrons. The number of pyridine rings is 1. The molecule has 29 heavy (non-hydrogen) atoms. The summed E-state index contributed by atoms with van der Waals surface area (Å²) in [6, 6.07) is 1.42. The Labute approximate surface area is 173 Å². The standard InChI is InChI=1S/C22H36N2O5/c1-2-19-22(28)20(26)13-15-24(19)14-9-7-5-3-4-6-8-10-16-29-21(27)12-11-18(25)17-23/h13,15,28H,2-12,14,16-17,23H2,1H3. The van der Waals surface area contributed by atoms with Gasteiger partial charge in [-0.2, -0.15) is 0 Å². The highest BCUT2D eigenvalue weighted by Gasteiger charge is 2.08. The van der Waals surface area contributed by atoms with E-state index in [0.29, 0.717) is 18.7 Å². The lowest BCUT2D eigenvalue weighted by molar-refractivity contribution is -0.144. The van der Waals surface area contributed by atoms with Crippen LogP contribution in [0.15, 0.2) is 17.1 Å². The molecule has 1 aromatic rings. The molecule has 0 aliphatic carbocycles. The Morgan fingerprint density at radius 3 is 2.28 bits per heavy atom. The Morgan fingerprint density at radius 1 is 1.03 bits per heavy atom. The second-order valence-electron chi connectivity index (χ2n) is 7.31. The van der Waals surface area contributed by atoms with Crippen molar-refractivity contribution in [2.75, 3.05) is 13.2 Å². The third-order valence-corrected chi connectivity index (χ3v) is 4.99. The first-order chi connectivity index (χ1) is 14.0. The topological polar surface area (TPSA) is 112 Å². The van der Waals surface area contributed by atoms with Crippen LogP contribution in [-0.4, -0.2) is 34.6 Å². The number of aromatic hydroxyl groups is 1. The van der Waals surface area contributed by atoms with Crippen molar-refractivity contribution in [1.29, 1.82) is 0 Å². The molecule has 0 spiro atoms. The van der Waals surface area contributed by atoms with Gasteiger partial charge in [0.25, 0.3) is 0 Å². The number of unbranched alkanes of at least 4 members (excludes halogenated alkanes) is 7. The maximum atomic E-state index is 11.5. The van der Waals surface area contributed by atoms with Crippen molar-refractivity contribution in [2.24, 2.45) is 5.73 Å². The number of ether oxygens (including phenoxy) is 1. The summed E-state index contributed by atoms with van der Waals surface area (Å²) in [5, 5.41) is 9.85. The molecule has 0 atom stereocenters. The van der Waals surface area contributed by atoms with Gasteiger partial charge in [-0.1, -0.05) is 45.4 Å². The highest BCUT2D eigenvalue weighted by Crippen LogP contribution is 2.14. The molecule has 1 rings (SSSR count). The van der Waals surface area contributed by atoms with Crippen LogP contribution < -0.4 is 11.2 Å². The number of carbonyl (C=O) groups excluding carboxylic acids is 2. The number of nitrogens with zero attached hydrogens (tertiary/aromatic N) is 1. The van der Waals surface area contributed by atoms with Crippen LogP contribution in [0.25, 0.3) is 0 Å². The fraction of sp³-hybridized carbons (Fsp3) is 0.682. The van der Waals surface area contributed by atoms with E-state index in [-0.39, 0.29) is 42.3 Å². The number of hydrogen-bond donors (Lipinski definition) is 2. The van der Waals surface area contributed by atoms with Gasteiger partial charge in [0, 0.05) is 25.2 Å². The van der Waals surface area contributed by atoms with Crippen LogP contribution in [0.3, 0.4) is 0 Å². The summed E-state index contributed by atoms with van der Waals surface area (Å²) < 4.78 is 7.08. The first kappa shape index (κ1) is 24.9. The van der Waals surface area contributed by atoms with Crippen LogP contribution in [0.1, 0.15) is 76.8 Å². The van der Waals surface area contributed by atoms with Gasteiger partial charge in [-0.15, -0.1) is 0 Å². The predicted octanol–water partition coefficient (Wildman–Crippen LogP) is 3.09. The lowest BCUT2D eigenvalue weighted by Crippen LogP contribution is -2.15. The molecule has 0 saturated heterocycles. The van der Waals surface area contributed by atoms with Gasteiger partial charge in [0.2, 0.25) is 5.43 Å². The van der Waals surface area contributed by atoms with Crippen LogP contribution in [0.2, 0.25) is 0 Å². The summed E-state index contributed by atoms with van der Waals surface area (Å²) in [6.07, 6.45) is 11.4. The van der Waals surface area contributed by atoms with Crippen LogP contribution in [0.4, 0.5) is 0 Å². The Balaban J connectivity index is 1.99. The molecule has 164 valence electrons. The molecule has 7 nitrogen and oxygen atoms in total. The Bertz CT molecular complexity index is 684. The van der Waals surface area contributed by atoms with Gasteiger partial charge in [0.15, 0.2) is 5.75 Å². The minimum atomic E-state index is -0.325. The molecule has 0 saturated carbocycles. The van der Waals surface area contributed by atoms with E-state index in [9.17, 15) is 19.5 Å². The van der Waals surface area contributed by atoms with E-state index in [0.717, 1.165) is 51.5 Å². The molecule has 0 unspecified atom stereocenters. The molecule has 1 aromatic heterocycles. The minimum absolute atomic E-state index is 0.0238. The summed E-state index contributed by atoms with van der Waals surface area (Å²) in [5.41, 5.74) is 5.59. The summed E-state index contributed by atoms with van der Waals surface area (Å²) in [4.78, 5) is 33.9. The number of ketones is 1. The molecule has 1 heterocycles. The molecule has 0 amide bonds. The maximum absolute atomic E-state index is 11.5. The van der Waals surface area contributed by atoms with Crippen LogP contribution in [0, 0.1) is 0 Å². The molecule has 0 aliphatic heterocycles. The molecular weight excluding hydrogens is 372 g/mol. The zero-order valence-electron chi connectivity index (χ0n) is 17.7. The van der Waals surface area contributed by atoms with Crippen molar-refractivity contribution in [3.8, 4) is 5.75 Å². The first-order valence-electron chi connectivity index (χ1n) is 10.8. The second kappa shape index (κ2) is 14.8. The predicted molar refractivity (Wildman–Crippen MR) is 113 cm³/mol. The average Bonchev–Trinajstić information content (AvgIpc) is 2.72. The number of nitrogens with two attached hydrogens (primary N) is 1.